The lowest BCUT2D eigenvalue weighted by Gasteiger charge is -2.22. The number of ether oxygens (including phenoxy) is 6. The van der Waals surface area contributed by atoms with Gasteiger partial charge in [0.15, 0.2) is 0 Å². The lowest BCUT2D eigenvalue weighted by molar-refractivity contribution is -0.144. The van der Waals surface area contributed by atoms with Crippen LogP contribution in [0.1, 0.15) is 48.5 Å². The zero-order chi connectivity index (χ0) is 23.1. The van der Waals surface area contributed by atoms with Gasteiger partial charge in [0.25, 0.3) is 0 Å². The van der Waals surface area contributed by atoms with Crippen molar-refractivity contribution in [2.24, 2.45) is 0 Å². The lowest BCUT2D eigenvalue weighted by Crippen LogP contribution is -2.29. The van der Waals surface area contributed by atoms with Gasteiger partial charge in [0.1, 0.15) is 6.61 Å². The molecule has 0 amide bonds. The quantitative estimate of drug-likeness (QED) is 0.260. The number of esters is 1. The molecule has 0 aromatic heterocycles. The molecule has 0 fully saturated rings. The van der Waals surface area contributed by atoms with Crippen molar-refractivity contribution < 1.29 is 38.3 Å². The van der Waals surface area contributed by atoms with Crippen molar-refractivity contribution in [3.8, 4) is 0 Å². The van der Waals surface area contributed by atoms with Crippen LogP contribution in [0.4, 0.5) is 0 Å². The molecule has 8 heteroatoms. The minimum Gasteiger partial charge on any atom is -0.460 e. The fourth-order valence-electron chi connectivity index (χ4n) is 2.06. The highest BCUT2D eigenvalue weighted by Crippen LogP contribution is 2.04. The fraction of sp³-hybridized carbons (Fsp3) is 0.864. The van der Waals surface area contributed by atoms with Crippen LogP contribution in [0.25, 0.3) is 0 Å². The van der Waals surface area contributed by atoms with E-state index in [0.29, 0.717) is 38.6 Å². The normalized spacial score (nSPS) is 17.6. The maximum absolute atomic E-state index is 11.4. The van der Waals surface area contributed by atoms with Crippen molar-refractivity contribution in [2.75, 3.05) is 39.6 Å². The molecule has 0 bridgehead atoms. The van der Waals surface area contributed by atoms with Gasteiger partial charge < -0.3 is 33.5 Å². The summed E-state index contributed by atoms with van der Waals surface area (Å²) in [5, 5.41) is 9.21. The van der Waals surface area contributed by atoms with Crippen LogP contribution in [0.2, 0.25) is 0 Å². The van der Waals surface area contributed by atoms with Crippen LogP contribution in [0.3, 0.4) is 0 Å². The summed E-state index contributed by atoms with van der Waals surface area (Å²) >= 11 is 0. The Hall–Kier alpha value is -1.03. The van der Waals surface area contributed by atoms with E-state index < -0.39 is 12.1 Å². The van der Waals surface area contributed by atoms with Crippen molar-refractivity contribution >= 4 is 5.97 Å². The van der Waals surface area contributed by atoms with Crippen LogP contribution >= 0.6 is 0 Å². The summed E-state index contributed by atoms with van der Waals surface area (Å²) in [6.45, 7) is 18.5. The first-order chi connectivity index (χ1) is 14.0. The van der Waals surface area contributed by atoms with E-state index in [9.17, 15) is 9.90 Å². The van der Waals surface area contributed by atoms with E-state index in [1.165, 1.54) is 0 Å². The molecule has 0 heterocycles. The first-order valence-corrected chi connectivity index (χ1v) is 10.6. The van der Waals surface area contributed by atoms with E-state index in [4.69, 9.17) is 28.4 Å². The molecule has 0 aliphatic rings. The second-order valence-electron chi connectivity index (χ2n) is 7.95. The third kappa shape index (κ3) is 16.7. The summed E-state index contributed by atoms with van der Waals surface area (Å²) in [5.41, 5.74) is 0.367. The maximum atomic E-state index is 11.4. The fourth-order valence-corrected chi connectivity index (χ4v) is 2.06. The molecular weight excluding hydrogens is 392 g/mol. The van der Waals surface area contributed by atoms with E-state index in [0.717, 1.165) is 0 Å². The van der Waals surface area contributed by atoms with Gasteiger partial charge in [0.05, 0.1) is 69.7 Å². The number of carbonyl (C=O) groups excluding carboxylic acids is 1. The van der Waals surface area contributed by atoms with Crippen LogP contribution in [-0.2, 0) is 33.2 Å². The van der Waals surface area contributed by atoms with E-state index in [2.05, 4.69) is 6.58 Å². The summed E-state index contributed by atoms with van der Waals surface area (Å²) in [6.07, 6.45) is -1.07. The van der Waals surface area contributed by atoms with E-state index in [1.54, 1.807) is 13.8 Å². The van der Waals surface area contributed by atoms with Crippen molar-refractivity contribution in [1.29, 1.82) is 0 Å². The number of hydrogen-bond acceptors (Lipinski definition) is 8. The highest BCUT2D eigenvalue weighted by molar-refractivity contribution is 5.86. The molecule has 0 rings (SSSR count). The van der Waals surface area contributed by atoms with Gasteiger partial charge in [-0.05, 0) is 48.5 Å². The molecule has 0 aromatic carbocycles. The van der Waals surface area contributed by atoms with E-state index >= 15 is 0 Å². The summed E-state index contributed by atoms with van der Waals surface area (Å²) in [4.78, 5) is 11.4. The lowest BCUT2D eigenvalue weighted by atomic mass is 10.3. The third-order valence-electron chi connectivity index (χ3n) is 3.88. The summed E-state index contributed by atoms with van der Waals surface area (Å²) in [7, 11) is 0. The van der Waals surface area contributed by atoms with Crippen LogP contribution in [0.15, 0.2) is 12.2 Å². The summed E-state index contributed by atoms with van der Waals surface area (Å²) in [5.74, 6) is -0.416. The number of aliphatic hydroxyl groups is 1. The monoisotopic (exact) mass is 434 g/mol. The Labute approximate surface area is 181 Å². The molecule has 178 valence electrons. The number of rotatable bonds is 18. The second kappa shape index (κ2) is 16.6. The Morgan fingerprint density at radius 2 is 0.967 bits per heavy atom. The Morgan fingerprint density at radius 3 is 1.27 bits per heavy atom. The Morgan fingerprint density at radius 1 is 0.667 bits per heavy atom. The molecule has 0 saturated heterocycles. The summed E-state index contributed by atoms with van der Waals surface area (Å²) < 4.78 is 33.3. The Bertz CT molecular complexity index is 468. The molecule has 0 saturated carbocycles. The number of aliphatic hydroxyl groups excluding tert-OH is 1. The molecule has 1 N–H and O–H groups in total. The molecule has 0 radical (unpaired) electrons. The zero-order valence-electron chi connectivity index (χ0n) is 19.7. The molecule has 6 unspecified atom stereocenters. The van der Waals surface area contributed by atoms with Gasteiger partial charge in [-0.2, -0.15) is 0 Å². The molecule has 0 aromatic rings. The molecule has 30 heavy (non-hydrogen) atoms. The Balaban J connectivity index is 3.82. The van der Waals surface area contributed by atoms with Gasteiger partial charge in [-0.25, -0.2) is 4.79 Å². The van der Waals surface area contributed by atoms with Gasteiger partial charge in [0.2, 0.25) is 0 Å². The maximum Gasteiger partial charge on any atom is 0.333 e. The highest BCUT2D eigenvalue weighted by Gasteiger charge is 2.13. The number of hydrogen-bond donors (Lipinski definition) is 1. The van der Waals surface area contributed by atoms with Crippen molar-refractivity contribution in [2.45, 2.75) is 85.1 Å². The summed E-state index contributed by atoms with van der Waals surface area (Å²) in [6, 6.07) is 0. The predicted octanol–water partition coefficient (Wildman–Crippen LogP) is 2.51. The first kappa shape index (κ1) is 29.0. The van der Waals surface area contributed by atoms with Crippen LogP contribution < -0.4 is 0 Å². The van der Waals surface area contributed by atoms with Gasteiger partial charge in [-0.1, -0.05) is 6.58 Å². The van der Waals surface area contributed by atoms with Gasteiger partial charge in [-0.3, -0.25) is 0 Å². The van der Waals surface area contributed by atoms with E-state index in [1.807, 2.05) is 34.6 Å². The zero-order valence-corrected chi connectivity index (χ0v) is 19.7. The molecule has 6 atom stereocenters. The molecule has 0 aliphatic carbocycles. The highest BCUT2D eigenvalue weighted by atomic mass is 16.6. The first-order valence-electron chi connectivity index (χ1n) is 10.6. The van der Waals surface area contributed by atoms with Crippen molar-refractivity contribution in [1.82, 2.24) is 0 Å². The average Bonchev–Trinajstić information content (AvgIpc) is 2.69. The molecular formula is C22H42O8. The minimum absolute atomic E-state index is 0.0754. The topological polar surface area (TPSA) is 92.7 Å². The number of carbonyl (C=O) groups is 1. The van der Waals surface area contributed by atoms with Crippen molar-refractivity contribution in [3.63, 3.8) is 0 Å². The second-order valence-corrected chi connectivity index (χ2v) is 7.95. The van der Waals surface area contributed by atoms with Gasteiger partial charge in [-0.15, -0.1) is 0 Å². The van der Waals surface area contributed by atoms with Gasteiger partial charge in [0, 0.05) is 5.57 Å². The standard InChI is InChI=1S/C22H42O8/c1-15(2)22(24)30-14-21(8)29-13-20(7)28-12-19(6)27-11-18(5)26-10-17(4)25-9-16(3)23/h16-21,23H,1,9-14H2,2-8H3. The van der Waals surface area contributed by atoms with Crippen LogP contribution in [0.5, 0.6) is 0 Å². The molecule has 8 nitrogen and oxygen atoms in total. The van der Waals surface area contributed by atoms with Gasteiger partial charge >= 0.3 is 5.97 Å². The van der Waals surface area contributed by atoms with Crippen molar-refractivity contribution in [3.05, 3.63) is 12.2 Å². The average molecular weight is 435 g/mol. The molecule has 0 spiro atoms. The molecule has 0 aliphatic heterocycles. The van der Waals surface area contributed by atoms with Crippen LogP contribution in [-0.4, -0.2) is 87.3 Å². The van der Waals surface area contributed by atoms with E-state index in [-0.39, 0.29) is 37.1 Å². The third-order valence-corrected chi connectivity index (χ3v) is 3.88. The smallest absolute Gasteiger partial charge is 0.333 e. The minimum atomic E-state index is -0.482. The van der Waals surface area contributed by atoms with Crippen LogP contribution in [0, 0.1) is 0 Å². The SMILES string of the molecule is C=C(C)C(=O)OCC(C)OCC(C)OCC(C)OCC(C)OCC(C)OCC(C)O. The Kier molecular flexibility index (Phi) is 16.1. The largest absolute Gasteiger partial charge is 0.460 e. The predicted molar refractivity (Wildman–Crippen MR) is 115 cm³/mol.